The van der Waals surface area contributed by atoms with Crippen molar-refractivity contribution in [2.45, 2.75) is 66.0 Å². The van der Waals surface area contributed by atoms with Crippen LogP contribution < -0.4 is 0 Å². The zero-order valence-corrected chi connectivity index (χ0v) is 14.0. The molecule has 0 saturated carbocycles. The Bertz CT molecular complexity index is 444. The van der Waals surface area contributed by atoms with Gasteiger partial charge in [-0.1, -0.05) is 11.6 Å². The second kappa shape index (κ2) is 8.71. The summed E-state index contributed by atoms with van der Waals surface area (Å²) < 4.78 is 7.32. The topological polar surface area (TPSA) is 31.2 Å². The van der Waals surface area contributed by atoms with Crippen LogP contribution in [0.25, 0.3) is 0 Å². The molecule has 118 valence electrons. The van der Waals surface area contributed by atoms with Gasteiger partial charge in [-0.25, -0.2) is 0 Å². The van der Waals surface area contributed by atoms with Gasteiger partial charge in [-0.2, -0.15) is 0 Å². The van der Waals surface area contributed by atoms with Crippen LogP contribution in [-0.4, -0.2) is 16.6 Å². The summed E-state index contributed by atoms with van der Waals surface area (Å²) in [6, 6.07) is 4.69. The van der Waals surface area contributed by atoms with E-state index in [1.807, 2.05) is 26.0 Å². The molecule has 0 fully saturated rings. The minimum absolute atomic E-state index is 0.0134. The molecule has 0 aromatic carbocycles. The van der Waals surface area contributed by atoms with Crippen LogP contribution in [0.1, 0.15) is 59.9 Å². The minimum Gasteiger partial charge on any atom is -0.463 e. The van der Waals surface area contributed by atoms with Gasteiger partial charge in [-0.05, 0) is 66.0 Å². The highest BCUT2D eigenvalue weighted by molar-refractivity contribution is 5.73. The molecular formula is C18H29NO2. The highest BCUT2D eigenvalue weighted by atomic mass is 16.5. The third-order valence-electron chi connectivity index (χ3n) is 3.55. The molecule has 1 aromatic rings. The number of nitrogens with zero attached hydrogens (tertiary/aromatic N) is 1. The van der Waals surface area contributed by atoms with Gasteiger partial charge in [-0.15, -0.1) is 0 Å². The molecule has 1 heterocycles. The predicted molar refractivity (Wildman–Crippen MR) is 87.1 cm³/mol. The van der Waals surface area contributed by atoms with E-state index in [1.165, 1.54) is 5.57 Å². The number of allylic oxidation sites excluding steroid dienone is 2. The first-order valence-corrected chi connectivity index (χ1v) is 7.88. The molecule has 3 heteroatoms. The third-order valence-corrected chi connectivity index (χ3v) is 3.55. The number of hydrogen-bond donors (Lipinski definition) is 0. The average molecular weight is 291 g/mol. The quantitative estimate of drug-likeness (QED) is 0.594. The van der Waals surface area contributed by atoms with Crippen LogP contribution in [0.2, 0.25) is 0 Å². The van der Waals surface area contributed by atoms with Crippen molar-refractivity contribution in [1.82, 2.24) is 4.57 Å². The summed E-state index contributed by atoms with van der Waals surface area (Å²) in [5.74, 6) is 0.0739. The lowest BCUT2D eigenvalue weighted by Crippen LogP contribution is -2.22. The lowest BCUT2D eigenvalue weighted by Gasteiger charge is -2.20. The van der Waals surface area contributed by atoms with Gasteiger partial charge in [0.05, 0.1) is 12.0 Å². The van der Waals surface area contributed by atoms with Crippen LogP contribution in [0.4, 0.5) is 0 Å². The maximum atomic E-state index is 11.5. The fourth-order valence-corrected chi connectivity index (χ4v) is 2.20. The van der Waals surface area contributed by atoms with Crippen molar-refractivity contribution in [1.29, 1.82) is 0 Å². The van der Waals surface area contributed by atoms with Crippen molar-refractivity contribution < 1.29 is 9.53 Å². The highest BCUT2D eigenvalue weighted by Crippen LogP contribution is 2.24. The zero-order chi connectivity index (χ0) is 15.8. The molecule has 0 aliphatic heterocycles. The van der Waals surface area contributed by atoms with Crippen molar-refractivity contribution in [2.75, 3.05) is 0 Å². The molecular weight excluding hydrogens is 262 g/mol. The van der Waals surface area contributed by atoms with E-state index in [0.29, 0.717) is 6.04 Å². The second-order valence-electron chi connectivity index (χ2n) is 6.23. The summed E-state index contributed by atoms with van der Waals surface area (Å²) in [6.07, 6.45) is 9.16. The van der Waals surface area contributed by atoms with Gasteiger partial charge in [0.1, 0.15) is 0 Å². The Balaban J connectivity index is 0.000000235. The summed E-state index contributed by atoms with van der Waals surface area (Å²) in [5.41, 5.74) is 1.40. The predicted octanol–water partition coefficient (Wildman–Crippen LogP) is 4.75. The van der Waals surface area contributed by atoms with E-state index in [9.17, 15) is 4.79 Å². The summed E-state index contributed by atoms with van der Waals surface area (Å²) in [4.78, 5) is 11.5. The first kappa shape index (κ1) is 17.5. The van der Waals surface area contributed by atoms with E-state index in [0.717, 1.165) is 19.3 Å². The van der Waals surface area contributed by atoms with Gasteiger partial charge in [-0.3, -0.25) is 4.79 Å². The summed E-state index contributed by atoms with van der Waals surface area (Å²) in [7, 11) is 0. The molecule has 0 amide bonds. The molecule has 21 heavy (non-hydrogen) atoms. The van der Waals surface area contributed by atoms with Crippen molar-refractivity contribution in [2.24, 2.45) is 5.92 Å². The van der Waals surface area contributed by atoms with Crippen molar-refractivity contribution in [3.8, 4) is 0 Å². The van der Waals surface area contributed by atoms with E-state index in [-0.39, 0.29) is 18.0 Å². The number of carbonyl (C=O) groups excluding carboxylic acids is 1. The number of rotatable bonds is 3. The standard InChI is InChI=1S/C11H18O2.C7H11N/c1-8(2)13-11(12)10-6-4-9(3)5-7-10;1-7(2)8-5-3-4-6-8/h4,8,10H,5-7H2,1-3H3;3-7H,1-2H3/t10-;/m0./s1. The molecule has 0 spiro atoms. The third kappa shape index (κ3) is 6.65. The van der Waals surface area contributed by atoms with Gasteiger partial charge in [0, 0.05) is 18.4 Å². The molecule has 1 aliphatic carbocycles. The lowest BCUT2D eigenvalue weighted by molar-refractivity contribution is -0.152. The van der Waals surface area contributed by atoms with Crippen molar-refractivity contribution in [3.63, 3.8) is 0 Å². The number of aromatic nitrogens is 1. The Kier molecular flexibility index (Phi) is 7.27. The van der Waals surface area contributed by atoms with Gasteiger partial charge in [0.25, 0.3) is 0 Å². The largest absolute Gasteiger partial charge is 0.463 e. The van der Waals surface area contributed by atoms with Gasteiger partial charge in [0.2, 0.25) is 0 Å². The first-order valence-electron chi connectivity index (χ1n) is 7.88. The molecule has 3 nitrogen and oxygen atoms in total. The van der Waals surface area contributed by atoms with Crippen molar-refractivity contribution in [3.05, 3.63) is 36.2 Å². The highest BCUT2D eigenvalue weighted by Gasteiger charge is 2.22. The molecule has 0 N–H and O–H groups in total. The Hall–Kier alpha value is -1.51. The Morgan fingerprint density at radius 1 is 1.24 bits per heavy atom. The molecule has 0 unspecified atom stereocenters. The Labute approximate surface area is 129 Å². The number of carbonyl (C=O) groups is 1. The molecule has 0 radical (unpaired) electrons. The number of esters is 1. The summed E-state index contributed by atoms with van der Waals surface area (Å²) >= 11 is 0. The Morgan fingerprint density at radius 2 is 1.86 bits per heavy atom. The zero-order valence-electron chi connectivity index (χ0n) is 14.0. The van der Waals surface area contributed by atoms with E-state index < -0.39 is 0 Å². The second-order valence-corrected chi connectivity index (χ2v) is 6.23. The summed E-state index contributed by atoms with van der Waals surface area (Å²) in [6.45, 7) is 10.2. The van der Waals surface area contributed by atoms with Gasteiger partial charge >= 0.3 is 5.97 Å². The van der Waals surface area contributed by atoms with Gasteiger partial charge in [0.15, 0.2) is 0 Å². The van der Waals surface area contributed by atoms with E-state index in [2.05, 4.69) is 43.8 Å². The fourth-order valence-electron chi connectivity index (χ4n) is 2.20. The van der Waals surface area contributed by atoms with Crippen LogP contribution in [0.5, 0.6) is 0 Å². The van der Waals surface area contributed by atoms with Crippen molar-refractivity contribution >= 4 is 5.97 Å². The summed E-state index contributed by atoms with van der Waals surface area (Å²) in [5, 5.41) is 0. The monoisotopic (exact) mass is 291 g/mol. The maximum absolute atomic E-state index is 11.5. The van der Waals surface area contributed by atoms with Crippen LogP contribution in [0, 0.1) is 5.92 Å². The molecule has 2 rings (SSSR count). The number of hydrogen-bond acceptors (Lipinski definition) is 2. The molecule has 0 saturated heterocycles. The maximum Gasteiger partial charge on any atom is 0.309 e. The lowest BCUT2D eigenvalue weighted by atomic mass is 9.90. The van der Waals surface area contributed by atoms with Crippen LogP contribution in [-0.2, 0) is 9.53 Å². The number of ether oxygens (including phenoxy) is 1. The molecule has 1 aromatic heterocycles. The SMILES string of the molecule is CC(C)n1cccc1.CC1=CC[C@H](C(=O)OC(C)C)CC1. The fraction of sp³-hybridized carbons (Fsp3) is 0.611. The van der Waals surface area contributed by atoms with Gasteiger partial charge < -0.3 is 9.30 Å². The molecule has 1 aliphatic rings. The molecule has 0 bridgehead atoms. The van der Waals surface area contributed by atoms with E-state index in [4.69, 9.17) is 4.74 Å². The average Bonchev–Trinajstić information content (AvgIpc) is 2.93. The molecule has 1 atom stereocenters. The van der Waals surface area contributed by atoms with E-state index in [1.54, 1.807) is 0 Å². The van der Waals surface area contributed by atoms with Crippen LogP contribution in [0.15, 0.2) is 36.2 Å². The first-order chi connectivity index (χ1) is 9.90. The minimum atomic E-state index is -0.0289. The van der Waals surface area contributed by atoms with Crippen LogP contribution in [0.3, 0.4) is 0 Å². The normalized spacial score (nSPS) is 18.0. The van der Waals surface area contributed by atoms with Crippen LogP contribution >= 0.6 is 0 Å². The van der Waals surface area contributed by atoms with E-state index >= 15 is 0 Å². The smallest absolute Gasteiger partial charge is 0.309 e. The Morgan fingerprint density at radius 3 is 2.24 bits per heavy atom.